The minimum absolute atomic E-state index is 0.678. The van der Waals surface area contributed by atoms with Gasteiger partial charge in [0.25, 0.3) is 0 Å². The highest BCUT2D eigenvalue weighted by Crippen LogP contribution is 2.22. The molecule has 0 saturated carbocycles. The van der Waals surface area contributed by atoms with E-state index in [1.165, 1.54) is 0 Å². The van der Waals surface area contributed by atoms with E-state index in [9.17, 15) is 0 Å². The molecule has 0 bridgehead atoms. The van der Waals surface area contributed by atoms with Crippen LogP contribution in [-0.4, -0.2) is 15.0 Å². The van der Waals surface area contributed by atoms with Gasteiger partial charge < -0.3 is 0 Å². The van der Waals surface area contributed by atoms with Crippen LogP contribution in [0.4, 0.5) is 0 Å². The molecule has 0 radical (unpaired) electrons. The Kier molecular flexibility index (Phi) is 5.51. The van der Waals surface area contributed by atoms with Gasteiger partial charge in [-0.2, -0.15) is 0 Å². The zero-order valence-corrected chi connectivity index (χ0v) is 15.7. The molecule has 1 aromatic heterocycles. The third-order valence-corrected chi connectivity index (χ3v) is 3.88. The first kappa shape index (κ1) is 17.2. The number of aromatic nitrogens is 3. The lowest BCUT2D eigenvalue weighted by Gasteiger charge is -2.08. The van der Waals surface area contributed by atoms with Gasteiger partial charge in [-0.05, 0) is 23.9 Å². The molecule has 2 aromatic carbocycles. The van der Waals surface area contributed by atoms with Crippen LogP contribution in [0.3, 0.4) is 0 Å². The molecule has 0 aliphatic rings. The monoisotopic (exact) mass is 391 g/mol. The molecular weight excluding hydrogens is 374 g/mol. The van der Waals surface area contributed by atoms with Gasteiger partial charge in [0, 0.05) is 11.1 Å². The maximum Gasteiger partial charge on any atom is 0.164 e. The zero-order valence-electron chi connectivity index (χ0n) is 14.1. The normalized spacial score (nSPS) is 12.3. The summed E-state index contributed by atoms with van der Waals surface area (Å²) in [5.74, 6) is 2.03. The predicted molar refractivity (Wildman–Crippen MR) is 107 cm³/mol. The molecule has 1 heterocycles. The number of rotatable bonds is 4. The van der Waals surface area contributed by atoms with Crippen molar-refractivity contribution < 1.29 is 0 Å². The molecule has 3 nitrogen and oxygen atoms in total. The summed E-state index contributed by atoms with van der Waals surface area (Å²) in [6.45, 7) is 3.99. The van der Waals surface area contributed by atoms with Gasteiger partial charge in [-0.15, -0.1) is 0 Å². The second-order valence-electron chi connectivity index (χ2n) is 5.64. The molecule has 4 heteroatoms. The number of nitrogens with zero attached hydrogens (tertiary/aromatic N) is 3. The first-order chi connectivity index (χ1) is 12.1. The number of hydrogen-bond donors (Lipinski definition) is 0. The SMILES string of the molecule is CC(Br)=CC=C(C)c1nc(-c2ccccc2)nc(-c2ccccc2)n1. The van der Waals surface area contributed by atoms with Gasteiger partial charge >= 0.3 is 0 Å². The van der Waals surface area contributed by atoms with Crippen LogP contribution in [0.5, 0.6) is 0 Å². The van der Waals surface area contributed by atoms with Gasteiger partial charge in [-0.25, -0.2) is 15.0 Å². The highest BCUT2D eigenvalue weighted by atomic mass is 79.9. The Morgan fingerprint density at radius 2 is 1.20 bits per heavy atom. The van der Waals surface area contributed by atoms with Crippen LogP contribution < -0.4 is 0 Å². The van der Waals surface area contributed by atoms with Crippen LogP contribution in [-0.2, 0) is 0 Å². The van der Waals surface area contributed by atoms with Crippen LogP contribution in [0.2, 0.25) is 0 Å². The quantitative estimate of drug-likeness (QED) is 0.519. The molecule has 0 atom stereocenters. The van der Waals surface area contributed by atoms with E-state index in [0.717, 1.165) is 21.2 Å². The summed E-state index contributed by atoms with van der Waals surface area (Å²) in [6.07, 6.45) is 3.99. The van der Waals surface area contributed by atoms with Crippen LogP contribution >= 0.6 is 15.9 Å². The van der Waals surface area contributed by atoms with E-state index in [1.54, 1.807) is 0 Å². The van der Waals surface area contributed by atoms with Gasteiger partial charge in [0.2, 0.25) is 0 Å². The fourth-order valence-electron chi connectivity index (χ4n) is 2.30. The molecular formula is C21H18BrN3. The standard InChI is InChI=1S/C21H18BrN3/c1-15(13-14-16(2)22)19-23-20(17-9-5-3-6-10-17)25-21(24-19)18-11-7-4-8-12-18/h3-14H,1-2H3. The van der Waals surface area contributed by atoms with Gasteiger partial charge in [-0.1, -0.05) is 88.7 Å². The third-order valence-electron chi connectivity index (χ3n) is 3.62. The van der Waals surface area contributed by atoms with Crippen molar-refractivity contribution in [1.29, 1.82) is 0 Å². The summed E-state index contributed by atoms with van der Waals surface area (Å²) in [4.78, 5) is 14.0. The fraction of sp³-hybridized carbons (Fsp3) is 0.0952. The Bertz CT molecular complexity index is 855. The van der Waals surface area contributed by atoms with Crippen LogP contribution in [0.1, 0.15) is 19.7 Å². The maximum absolute atomic E-state index is 4.68. The Labute approximate surface area is 156 Å². The van der Waals surface area contributed by atoms with Gasteiger partial charge in [-0.3, -0.25) is 0 Å². The first-order valence-corrected chi connectivity index (χ1v) is 8.81. The second kappa shape index (κ2) is 7.99. The van der Waals surface area contributed by atoms with Gasteiger partial charge in [0.15, 0.2) is 17.5 Å². The highest BCUT2D eigenvalue weighted by molar-refractivity contribution is 9.11. The minimum Gasteiger partial charge on any atom is -0.209 e. The molecule has 0 N–H and O–H groups in total. The van der Waals surface area contributed by atoms with E-state index in [4.69, 9.17) is 0 Å². The highest BCUT2D eigenvalue weighted by Gasteiger charge is 2.11. The summed E-state index contributed by atoms with van der Waals surface area (Å²) in [5, 5.41) is 0. The third kappa shape index (κ3) is 4.48. The van der Waals surface area contributed by atoms with Crippen molar-refractivity contribution >= 4 is 21.5 Å². The molecule has 3 aromatic rings. The Morgan fingerprint density at radius 1 is 0.720 bits per heavy atom. The summed E-state index contributed by atoms with van der Waals surface area (Å²) in [6, 6.07) is 20.0. The predicted octanol–water partition coefficient (Wildman–Crippen LogP) is 5.91. The van der Waals surface area contributed by atoms with E-state index in [2.05, 4.69) is 30.9 Å². The second-order valence-corrected chi connectivity index (χ2v) is 6.89. The van der Waals surface area contributed by atoms with E-state index >= 15 is 0 Å². The number of hydrogen-bond acceptors (Lipinski definition) is 3. The molecule has 0 amide bonds. The maximum atomic E-state index is 4.68. The number of halogens is 1. The van der Waals surface area contributed by atoms with E-state index in [1.807, 2.05) is 86.7 Å². The molecule has 0 spiro atoms. The van der Waals surface area contributed by atoms with E-state index in [0.29, 0.717) is 17.5 Å². The summed E-state index contributed by atoms with van der Waals surface area (Å²) in [5.41, 5.74) is 2.93. The largest absolute Gasteiger partial charge is 0.209 e. The molecule has 0 saturated heterocycles. The van der Waals surface area contributed by atoms with Gasteiger partial charge in [0.05, 0.1) is 0 Å². The molecule has 0 fully saturated rings. The average molecular weight is 392 g/mol. The average Bonchev–Trinajstić information content (AvgIpc) is 2.67. The smallest absolute Gasteiger partial charge is 0.164 e. The number of allylic oxidation sites excluding steroid dienone is 4. The summed E-state index contributed by atoms with van der Waals surface area (Å²) in [7, 11) is 0. The topological polar surface area (TPSA) is 38.7 Å². The Balaban J connectivity index is 2.15. The Hall–Kier alpha value is -2.59. The van der Waals surface area contributed by atoms with Crippen molar-refractivity contribution in [2.45, 2.75) is 13.8 Å². The summed E-state index contributed by atoms with van der Waals surface area (Å²) < 4.78 is 1.05. The van der Waals surface area contributed by atoms with Crippen molar-refractivity contribution in [3.05, 3.63) is 83.1 Å². The van der Waals surface area contributed by atoms with Gasteiger partial charge in [0.1, 0.15) is 0 Å². The van der Waals surface area contributed by atoms with Crippen molar-refractivity contribution in [2.24, 2.45) is 0 Å². The molecule has 124 valence electrons. The van der Waals surface area contributed by atoms with Crippen LogP contribution in [0.15, 0.2) is 77.3 Å². The molecule has 25 heavy (non-hydrogen) atoms. The van der Waals surface area contributed by atoms with E-state index in [-0.39, 0.29) is 0 Å². The van der Waals surface area contributed by atoms with Crippen molar-refractivity contribution in [3.63, 3.8) is 0 Å². The molecule has 0 aliphatic heterocycles. The number of benzene rings is 2. The van der Waals surface area contributed by atoms with Crippen LogP contribution in [0, 0.1) is 0 Å². The lowest BCUT2D eigenvalue weighted by Crippen LogP contribution is -2.01. The lowest BCUT2D eigenvalue weighted by molar-refractivity contribution is 1.03. The van der Waals surface area contributed by atoms with E-state index < -0.39 is 0 Å². The molecule has 3 rings (SSSR count). The fourth-order valence-corrected chi connectivity index (χ4v) is 2.43. The molecule has 0 unspecified atom stereocenters. The Morgan fingerprint density at radius 3 is 1.64 bits per heavy atom. The minimum atomic E-state index is 0.678. The lowest BCUT2D eigenvalue weighted by atomic mass is 10.1. The zero-order chi connectivity index (χ0) is 17.6. The van der Waals surface area contributed by atoms with Crippen LogP contribution in [0.25, 0.3) is 28.3 Å². The van der Waals surface area contributed by atoms with Crippen molar-refractivity contribution in [3.8, 4) is 22.8 Å². The van der Waals surface area contributed by atoms with Crippen molar-refractivity contribution in [2.75, 3.05) is 0 Å². The summed E-state index contributed by atoms with van der Waals surface area (Å²) >= 11 is 3.44. The van der Waals surface area contributed by atoms with Crippen molar-refractivity contribution in [1.82, 2.24) is 15.0 Å². The molecule has 0 aliphatic carbocycles. The first-order valence-electron chi connectivity index (χ1n) is 8.01.